The molecule has 158 valence electrons. The first-order valence-corrected chi connectivity index (χ1v) is 11.0. The second kappa shape index (κ2) is 10.2. The van der Waals surface area contributed by atoms with E-state index in [9.17, 15) is 9.59 Å². The molecule has 1 aliphatic heterocycles. The highest BCUT2D eigenvalue weighted by molar-refractivity contribution is 8.00. The number of hydrogen-bond acceptors (Lipinski definition) is 6. The van der Waals surface area contributed by atoms with Crippen LogP contribution in [0.3, 0.4) is 0 Å². The molecule has 0 bridgehead atoms. The first kappa shape index (κ1) is 21.8. The van der Waals surface area contributed by atoms with Crippen molar-refractivity contribution in [2.75, 3.05) is 32.9 Å². The summed E-state index contributed by atoms with van der Waals surface area (Å²) in [6.07, 6.45) is 0.860. The second-order valence-electron chi connectivity index (χ2n) is 7.34. The molecule has 0 aliphatic carbocycles. The molecule has 0 saturated carbocycles. The van der Waals surface area contributed by atoms with Crippen LogP contribution in [0.2, 0.25) is 0 Å². The summed E-state index contributed by atoms with van der Waals surface area (Å²) in [7, 11) is 0. The van der Waals surface area contributed by atoms with Crippen molar-refractivity contribution in [3.8, 4) is 0 Å². The molecule has 0 N–H and O–H groups in total. The third-order valence-electron chi connectivity index (χ3n) is 4.76. The minimum atomic E-state index is -0.334. The maximum Gasteiger partial charge on any atom is 0.262 e. The summed E-state index contributed by atoms with van der Waals surface area (Å²) < 4.78 is 12.6. The van der Waals surface area contributed by atoms with E-state index in [0.29, 0.717) is 61.9 Å². The third kappa shape index (κ3) is 5.58. The fourth-order valence-electron chi connectivity index (χ4n) is 3.23. The molecule has 1 saturated heterocycles. The van der Waals surface area contributed by atoms with E-state index in [1.807, 2.05) is 43.9 Å². The maximum absolute atomic E-state index is 13.1. The Morgan fingerprint density at radius 1 is 1.24 bits per heavy atom. The van der Waals surface area contributed by atoms with Crippen molar-refractivity contribution in [2.24, 2.45) is 0 Å². The zero-order chi connectivity index (χ0) is 20.8. The van der Waals surface area contributed by atoms with Gasteiger partial charge in [-0.3, -0.25) is 14.2 Å². The molecule has 0 radical (unpaired) electrons. The van der Waals surface area contributed by atoms with E-state index in [1.165, 1.54) is 11.8 Å². The van der Waals surface area contributed by atoms with Gasteiger partial charge in [-0.05, 0) is 39.3 Å². The average Bonchev–Trinajstić information content (AvgIpc) is 2.72. The van der Waals surface area contributed by atoms with Crippen LogP contribution < -0.4 is 5.56 Å². The van der Waals surface area contributed by atoms with Crippen molar-refractivity contribution >= 4 is 28.6 Å². The number of fused-ring (bicyclic) bond motifs is 1. The normalized spacial score (nSPS) is 15.8. The number of morpholine rings is 1. The molecule has 7 nitrogen and oxygen atoms in total. The van der Waals surface area contributed by atoms with Gasteiger partial charge in [0.05, 0.1) is 35.5 Å². The average molecular weight is 420 g/mol. The van der Waals surface area contributed by atoms with Gasteiger partial charge in [0.1, 0.15) is 0 Å². The van der Waals surface area contributed by atoms with Gasteiger partial charge in [0.25, 0.3) is 5.56 Å². The van der Waals surface area contributed by atoms with Gasteiger partial charge in [-0.1, -0.05) is 23.9 Å². The third-order valence-corrected chi connectivity index (χ3v) is 5.83. The number of carbonyl (C=O) groups is 1. The minimum absolute atomic E-state index is 0.0513. The monoisotopic (exact) mass is 419 g/mol. The summed E-state index contributed by atoms with van der Waals surface area (Å²) in [5.41, 5.74) is 0.578. The number of para-hydroxylation sites is 1. The Kier molecular flexibility index (Phi) is 7.69. The summed E-state index contributed by atoms with van der Waals surface area (Å²) >= 11 is 1.34. The molecule has 0 spiro atoms. The molecule has 1 unspecified atom stereocenters. The first-order valence-electron chi connectivity index (χ1n) is 10.1. The van der Waals surface area contributed by atoms with Crippen LogP contribution in [0.25, 0.3) is 10.9 Å². The Morgan fingerprint density at radius 2 is 1.97 bits per heavy atom. The topological polar surface area (TPSA) is 73.7 Å². The lowest BCUT2D eigenvalue weighted by Gasteiger charge is -2.29. The Bertz CT molecular complexity index is 893. The fourth-order valence-corrected chi connectivity index (χ4v) is 4.24. The summed E-state index contributed by atoms with van der Waals surface area (Å²) in [6, 6.07) is 7.34. The largest absolute Gasteiger partial charge is 0.379 e. The molecule has 1 aromatic carbocycles. The fraction of sp³-hybridized carbons (Fsp3) is 0.571. The van der Waals surface area contributed by atoms with E-state index < -0.39 is 0 Å². The van der Waals surface area contributed by atoms with Gasteiger partial charge in [0.2, 0.25) is 5.91 Å². The van der Waals surface area contributed by atoms with Gasteiger partial charge in [-0.2, -0.15) is 0 Å². The van der Waals surface area contributed by atoms with E-state index in [-0.39, 0.29) is 22.8 Å². The second-order valence-corrected chi connectivity index (χ2v) is 8.65. The van der Waals surface area contributed by atoms with Crippen LogP contribution >= 0.6 is 11.8 Å². The highest BCUT2D eigenvalue weighted by Crippen LogP contribution is 2.24. The van der Waals surface area contributed by atoms with Crippen molar-refractivity contribution in [3.63, 3.8) is 0 Å². The summed E-state index contributed by atoms with van der Waals surface area (Å²) in [6.45, 7) is 9.27. The molecule has 3 rings (SSSR count). The number of carbonyl (C=O) groups excluding carboxylic acids is 1. The molecule has 1 atom stereocenters. The lowest BCUT2D eigenvalue weighted by molar-refractivity contribution is -0.134. The number of ether oxygens (including phenoxy) is 2. The summed E-state index contributed by atoms with van der Waals surface area (Å²) in [5.74, 6) is 0.0513. The lowest BCUT2D eigenvalue weighted by Crippen LogP contribution is -2.44. The van der Waals surface area contributed by atoms with Crippen LogP contribution in [0.5, 0.6) is 0 Å². The number of rotatable bonds is 8. The Hall–Kier alpha value is -1.90. The standard InChI is InChI=1S/C21H29N3O4S/c1-15(2)28-12-6-9-24-20(26)17-7-4-5-8-18(17)22-21(24)29-16(3)19(25)23-10-13-27-14-11-23/h4-5,7-8,15-16H,6,9-14H2,1-3H3. The van der Waals surface area contributed by atoms with Crippen molar-refractivity contribution in [3.05, 3.63) is 34.6 Å². The Labute approximate surface area is 175 Å². The van der Waals surface area contributed by atoms with Crippen LogP contribution in [0.4, 0.5) is 0 Å². The Morgan fingerprint density at radius 3 is 2.69 bits per heavy atom. The van der Waals surface area contributed by atoms with E-state index in [1.54, 1.807) is 10.6 Å². The van der Waals surface area contributed by atoms with Gasteiger partial charge in [-0.25, -0.2) is 4.98 Å². The Balaban J connectivity index is 1.83. The highest BCUT2D eigenvalue weighted by atomic mass is 32.2. The van der Waals surface area contributed by atoms with Gasteiger partial charge in [-0.15, -0.1) is 0 Å². The molecule has 1 fully saturated rings. The van der Waals surface area contributed by atoms with Crippen molar-refractivity contribution in [1.29, 1.82) is 0 Å². The van der Waals surface area contributed by atoms with E-state index >= 15 is 0 Å². The molecular weight excluding hydrogens is 390 g/mol. The molecule has 8 heteroatoms. The summed E-state index contributed by atoms with van der Waals surface area (Å²) in [5, 5.41) is 0.834. The predicted octanol–water partition coefficient (Wildman–Crippen LogP) is 2.55. The number of thioether (sulfide) groups is 1. The van der Waals surface area contributed by atoms with Gasteiger partial charge < -0.3 is 14.4 Å². The molecule has 2 heterocycles. The molecule has 2 aromatic rings. The zero-order valence-electron chi connectivity index (χ0n) is 17.3. The maximum atomic E-state index is 13.1. The first-order chi connectivity index (χ1) is 14.0. The molecule has 1 aliphatic rings. The number of aromatic nitrogens is 2. The van der Waals surface area contributed by atoms with Crippen LogP contribution in [0, 0.1) is 0 Å². The van der Waals surface area contributed by atoms with Crippen LogP contribution in [0.15, 0.2) is 34.2 Å². The van der Waals surface area contributed by atoms with Crippen LogP contribution in [-0.4, -0.2) is 64.6 Å². The molecule has 1 aromatic heterocycles. The number of hydrogen-bond donors (Lipinski definition) is 0. The number of benzene rings is 1. The summed E-state index contributed by atoms with van der Waals surface area (Å²) in [4.78, 5) is 32.4. The van der Waals surface area contributed by atoms with Crippen molar-refractivity contribution < 1.29 is 14.3 Å². The highest BCUT2D eigenvalue weighted by Gasteiger charge is 2.25. The van der Waals surface area contributed by atoms with Crippen molar-refractivity contribution in [2.45, 2.75) is 50.2 Å². The van der Waals surface area contributed by atoms with Gasteiger partial charge >= 0.3 is 0 Å². The minimum Gasteiger partial charge on any atom is -0.379 e. The van der Waals surface area contributed by atoms with Gasteiger partial charge in [0.15, 0.2) is 5.16 Å². The number of nitrogens with zero attached hydrogens (tertiary/aromatic N) is 3. The SMILES string of the molecule is CC(C)OCCCn1c(SC(C)C(=O)N2CCOCC2)nc2ccccc2c1=O. The van der Waals surface area contributed by atoms with Crippen molar-refractivity contribution in [1.82, 2.24) is 14.5 Å². The molecular formula is C21H29N3O4S. The number of amides is 1. The van der Waals surface area contributed by atoms with E-state index in [2.05, 4.69) is 0 Å². The molecule has 29 heavy (non-hydrogen) atoms. The predicted molar refractivity (Wildman–Crippen MR) is 114 cm³/mol. The van der Waals surface area contributed by atoms with Gasteiger partial charge in [0, 0.05) is 26.2 Å². The lowest BCUT2D eigenvalue weighted by atomic mass is 10.2. The molecule has 1 amide bonds. The van der Waals surface area contributed by atoms with E-state index in [0.717, 1.165) is 0 Å². The zero-order valence-corrected chi connectivity index (χ0v) is 18.1. The van der Waals surface area contributed by atoms with Crippen LogP contribution in [0.1, 0.15) is 27.2 Å². The quantitative estimate of drug-likeness (QED) is 0.372. The smallest absolute Gasteiger partial charge is 0.262 e. The van der Waals surface area contributed by atoms with Crippen LogP contribution in [-0.2, 0) is 20.8 Å². The van der Waals surface area contributed by atoms with E-state index in [4.69, 9.17) is 14.5 Å².